The quantitative estimate of drug-likeness (QED) is 0.664. The second-order valence-electron chi connectivity index (χ2n) is 3.49. The Morgan fingerprint density at radius 2 is 2.27 bits per heavy atom. The number of ketones is 1. The van der Waals surface area contributed by atoms with Gasteiger partial charge in [0.1, 0.15) is 5.78 Å². The second kappa shape index (κ2) is 3.86. The van der Waals surface area contributed by atoms with Crippen LogP contribution in [0, 0.1) is 5.92 Å². The highest BCUT2D eigenvalue weighted by atomic mass is 16.1. The number of rotatable bonds is 4. The molecule has 0 amide bonds. The van der Waals surface area contributed by atoms with Crippen LogP contribution < -0.4 is 5.32 Å². The maximum Gasteiger partial charge on any atom is 0.131 e. The highest BCUT2D eigenvalue weighted by molar-refractivity contribution is 5.76. The summed E-state index contributed by atoms with van der Waals surface area (Å²) in [4.78, 5) is 10.8. The number of carbonyl (C=O) groups excluding carboxylic acids is 1. The topological polar surface area (TPSA) is 29.1 Å². The van der Waals surface area contributed by atoms with Crippen LogP contribution in [-0.4, -0.2) is 18.9 Å². The van der Waals surface area contributed by atoms with Crippen molar-refractivity contribution in [2.45, 2.75) is 38.6 Å². The first-order chi connectivity index (χ1) is 5.24. The number of nitrogens with one attached hydrogen (secondary N) is 1. The average Bonchev–Trinajstić information content (AvgIpc) is 1.81. The molecular formula is C9H17NO. The fourth-order valence-electron chi connectivity index (χ4n) is 1.66. The summed E-state index contributed by atoms with van der Waals surface area (Å²) in [6, 6.07) is 0.446. The van der Waals surface area contributed by atoms with Gasteiger partial charge in [0.15, 0.2) is 0 Å². The van der Waals surface area contributed by atoms with Crippen molar-refractivity contribution in [3.05, 3.63) is 0 Å². The maximum atomic E-state index is 10.8. The molecule has 0 saturated heterocycles. The molecule has 1 aliphatic carbocycles. The van der Waals surface area contributed by atoms with Crippen molar-refractivity contribution in [1.82, 2.24) is 5.32 Å². The molecule has 2 nitrogen and oxygen atoms in total. The Morgan fingerprint density at radius 3 is 2.55 bits per heavy atom. The van der Waals surface area contributed by atoms with Gasteiger partial charge in [-0.2, -0.15) is 0 Å². The summed E-state index contributed by atoms with van der Waals surface area (Å²) in [5.41, 5.74) is 0. The zero-order valence-electron chi connectivity index (χ0n) is 7.39. The van der Waals surface area contributed by atoms with E-state index >= 15 is 0 Å². The van der Waals surface area contributed by atoms with E-state index in [1.54, 1.807) is 6.92 Å². The smallest absolute Gasteiger partial charge is 0.131 e. The second-order valence-corrected chi connectivity index (χ2v) is 3.49. The van der Waals surface area contributed by atoms with Crippen LogP contribution in [-0.2, 0) is 4.79 Å². The molecule has 1 N–H and O–H groups in total. The van der Waals surface area contributed by atoms with Gasteiger partial charge in [0.25, 0.3) is 0 Å². The molecule has 1 atom stereocenters. The van der Waals surface area contributed by atoms with E-state index < -0.39 is 0 Å². The predicted octanol–water partition coefficient (Wildman–Crippen LogP) is 1.35. The van der Waals surface area contributed by atoms with Crippen LogP contribution >= 0.6 is 0 Å². The van der Waals surface area contributed by atoms with Gasteiger partial charge < -0.3 is 5.32 Å². The minimum atomic E-state index is 0.302. The molecule has 0 radical (unpaired) electrons. The van der Waals surface area contributed by atoms with Crippen LogP contribution in [0.3, 0.4) is 0 Å². The molecular weight excluding hydrogens is 138 g/mol. The van der Waals surface area contributed by atoms with E-state index in [4.69, 9.17) is 0 Å². The largest absolute Gasteiger partial charge is 0.316 e. The average molecular weight is 155 g/mol. The normalized spacial score (nSPS) is 20.9. The lowest BCUT2D eigenvalue weighted by Gasteiger charge is -2.33. The highest BCUT2D eigenvalue weighted by Gasteiger charge is 2.26. The van der Waals surface area contributed by atoms with Gasteiger partial charge in [-0.25, -0.2) is 0 Å². The van der Waals surface area contributed by atoms with E-state index in [-0.39, 0.29) is 0 Å². The zero-order chi connectivity index (χ0) is 8.27. The third kappa shape index (κ3) is 2.29. The molecule has 1 fully saturated rings. The molecule has 0 aromatic heterocycles. The van der Waals surface area contributed by atoms with Crippen LogP contribution in [0.25, 0.3) is 0 Å². The molecule has 0 bridgehead atoms. The minimum absolute atomic E-state index is 0.302. The van der Waals surface area contributed by atoms with Gasteiger partial charge >= 0.3 is 0 Å². The molecule has 0 aliphatic heterocycles. The van der Waals surface area contributed by atoms with Crippen LogP contribution in [0.1, 0.15) is 32.6 Å². The SMILES string of the molecule is CNC(CC(C)=O)C1CCC1. The van der Waals surface area contributed by atoms with E-state index in [0.29, 0.717) is 18.2 Å². The zero-order valence-corrected chi connectivity index (χ0v) is 7.39. The van der Waals surface area contributed by atoms with Crippen LogP contribution in [0.2, 0.25) is 0 Å². The van der Waals surface area contributed by atoms with E-state index in [1.807, 2.05) is 7.05 Å². The Hall–Kier alpha value is -0.370. The first-order valence-electron chi connectivity index (χ1n) is 4.40. The number of carbonyl (C=O) groups is 1. The predicted molar refractivity (Wildman–Crippen MR) is 45.5 cm³/mol. The molecule has 11 heavy (non-hydrogen) atoms. The molecule has 1 aliphatic rings. The van der Waals surface area contributed by atoms with Gasteiger partial charge in [-0.3, -0.25) is 4.79 Å². The summed E-state index contributed by atoms with van der Waals surface area (Å²) in [5.74, 6) is 1.07. The summed E-state index contributed by atoms with van der Waals surface area (Å²) in [5, 5.41) is 3.21. The van der Waals surface area contributed by atoms with Crippen molar-refractivity contribution in [2.24, 2.45) is 5.92 Å². The Balaban J connectivity index is 2.29. The van der Waals surface area contributed by atoms with Gasteiger partial charge in [0, 0.05) is 12.5 Å². The molecule has 0 aromatic rings. The van der Waals surface area contributed by atoms with Crippen molar-refractivity contribution < 1.29 is 4.79 Å². The molecule has 64 valence electrons. The minimum Gasteiger partial charge on any atom is -0.316 e. The Bertz CT molecular complexity index is 140. The lowest BCUT2D eigenvalue weighted by atomic mass is 9.78. The molecule has 0 aromatic carbocycles. The lowest BCUT2D eigenvalue weighted by Crippen LogP contribution is -2.38. The third-order valence-electron chi connectivity index (χ3n) is 2.60. The van der Waals surface area contributed by atoms with E-state index in [9.17, 15) is 4.79 Å². The van der Waals surface area contributed by atoms with Gasteiger partial charge in [-0.1, -0.05) is 6.42 Å². The first kappa shape index (κ1) is 8.72. The van der Waals surface area contributed by atoms with Crippen molar-refractivity contribution in [1.29, 1.82) is 0 Å². The first-order valence-corrected chi connectivity index (χ1v) is 4.40. The Morgan fingerprint density at radius 1 is 1.64 bits per heavy atom. The number of Topliss-reactive ketones (excluding diaryl/α,β-unsaturated/α-hetero) is 1. The standard InChI is InChI=1S/C9H17NO/c1-7(11)6-9(10-2)8-4-3-5-8/h8-10H,3-6H2,1-2H3. The van der Waals surface area contributed by atoms with Crippen LogP contribution in [0.5, 0.6) is 0 Å². The fraction of sp³-hybridized carbons (Fsp3) is 0.889. The van der Waals surface area contributed by atoms with Gasteiger partial charge in [0.2, 0.25) is 0 Å². The van der Waals surface area contributed by atoms with E-state index in [2.05, 4.69) is 5.32 Å². The fourth-order valence-corrected chi connectivity index (χ4v) is 1.66. The molecule has 1 saturated carbocycles. The molecule has 1 unspecified atom stereocenters. The maximum absolute atomic E-state index is 10.8. The van der Waals surface area contributed by atoms with Crippen molar-refractivity contribution >= 4 is 5.78 Å². The van der Waals surface area contributed by atoms with Crippen molar-refractivity contribution in [3.63, 3.8) is 0 Å². The summed E-state index contributed by atoms with van der Waals surface area (Å²) >= 11 is 0. The number of hydrogen-bond donors (Lipinski definition) is 1. The number of hydrogen-bond acceptors (Lipinski definition) is 2. The van der Waals surface area contributed by atoms with Crippen LogP contribution in [0.4, 0.5) is 0 Å². The molecule has 0 spiro atoms. The Kier molecular flexibility index (Phi) is 3.06. The summed E-state index contributed by atoms with van der Waals surface area (Å²) in [7, 11) is 1.95. The monoisotopic (exact) mass is 155 g/mol. The summed E-state index contributed by atoms with van der Waals surface area (Å²) in [6.07, 6.45) is 4.67. The lowest BCUT2D eigenvalue weighted by molar-refractivity contribution is -0.117. The highest BCUT2D eigenvalue weighted by Crippen LogP contribution is 2.30. The van der Waals surface area contributed by atoms with Gasteiger partial charge in [-0.15, -0.1) is 0 Å². The molecule has 0 heterocycles. The van der Waals surface area contributed by atoms with Crippen molar-refractivity contribution in [3.8, 4) is 0 Å². The summed E-state index contributed by atoms with van der Waals surface area (Å²) in [6.45, 7) is 1.67. The van der Waals surface area contributed by atoms with E-state index in [1.165, 1.54) is 19.3 Å². The Labute approximate surface area is 68.4 Å². The van der Waals surface area contributed by atoms with Gasteiger partial charge in [-0.05, 0) is 32.7 Å². The van der Waals surface area contributed by atoms with Crippen molar-refractivity contribution in [2.75, 3.05) is 7.05 Å². The van der Waals surface area contributed by atoms with Crippen LogP contribution in [0.15, 0.2) is 0 Å². The summed E-state index contributed by atoms with van der Waals surface area (Å²) < 4.78 is 0. The molecule has 2 heteroatoms. The van der Waals surface area contributed by atoms with E-state index in [0.717, 1.165) is 5.92 Å². The molecule has 1 rings (SSSR count). The third-order valence-corrected chi connectivity index (χ3v) is 2.60. The van der Waals surface area contributed by atoms with Gasteiger partial charge in [0.05, 0.1) is 0 Å².